The van der Waals surface area contributed by atoms with Crippen LogP contribution in [0.4, 0.5) is 0 Å². The number of para-hydroxylation sites is 2. The molecule has 3 rings (SSSR count). The van der Waals surface area contributed by atoms with Gasteiger partial charge in [-0.2, -0.15) is 0 Å². The maximum atomic E-state index is 10.5. The van der Waals surface area contributed by atoms with E-state index in [4.69, 9.17) is 9.72 Å². The maximum Gasteiger partial charge on any atom is 0.119 e. The number of rotatable bonds is 7. The van der Waals surface area contributed by atoms with Crippen LogP contribution in [0.15, 0.2) is 48.5 Å². The molecule has 0 radical (unpaired) electrons. The second kappa shape index (κ2) is 7.92. The van der Waals surface area contributed by atoms with Gasteiger partial charge in [-0.05, 0) is 35.7 Å². The molecular formula is C22H28N2O2. The molecule has 1 heterocycles. The van der Waals surface area contributed by atoms with Gasteiger partial charge in [-0.3, -0.25) is 0 Å². The highest BCUT2D eigenvalue weighted by molar-refractivity contribution is 5.76. The molecule has 1 unspecified atom stereocenters. The van der Waals surface area contributed by atoms with Crippen LogP contribution in [0.3, 0.4) is 0 Å². The first kappa shape index (κ1) is 18.5. The number of hydrogen-bond acceptors (Lipinski definition) is 3. The van der Waals surface area contributed by atoms with Gasteiger partial charge in [-0.25, -0.2) is 4.98 Å². The van der Waals surface area contributed by atoms with Gasteiger partial charge < -0.3 is 14.4 Å². The Kier molecular flexibility index (Phi) is 5.62. The van der Waals surface area contributed by atoms with Crippen molar-refractivity contribution < 1.29 is 9.84 Å². The van der Waals surface area contributed by atoms with Crippen molar-refractivity contribution >= 4 is 11.0 Å². The van der Waals surface area contributed by atoms with Crippen molar-refractivity contribution in [2.45, 2.75) is 52.2 Å². The third-order valence-corrected chi connectivity index (χ3v) is 4.58. The first-order valence-electron chi connectivity index (χ1n) is 9.31. The predicted octanol–water partition coefficient (Wildman–Crippen LogP) is 4.72. The molecule has 138 valence electrons. The standard InChI is InChI=1S/C22H28N2O2/c1-15(2)17-9-11-19(12-10-17)26-14-18(25)13-24-21-8-6-5-7-20(21)23-22(24)16(3)4/h5-12,15-16,18,25H,13-14H2,1-4H3. The van der Waals surface area contributed by atoms with Crippen LogP contribution in [0.2, 0.25) is 0 Å². The lowest BCUT2D eigenvalue weighted by molar-refractivity contribution is 0.0925. The molecule has 0 saturated heterocycles. The van der Waals surface area contributed by atoms with Crippen LogP contribution in [0.5, 0.6) is 5.75 Å². The summed E-state index contributed by atoms with van der Waals surface area (Å²) in [7, 11) is 0. The van der Waals surface area contributed by atoms with Crippen molar-refractivity contribution in [3.63, 3.8) is 0 Å². The first-order valence-corrected chi connectivity index (χ1v) is 9.31. The van der Waals surface area contributed by atoms with E-state index in [1.807, 2.05) is 36.4 Å². The van der Waals surface area contributed by atoms with Crippen LogP contribution in [0.1, 0.15) is 50.9 Å². The molecule has 0 aliphatic carbocycles. The van der Waals surface area contributed by atoms with Crippen molar-refractivity contribution in [2.24, 2.45) is 0 Å². The molecule has 1 N–H and O–H groups in total. The minimum absolute atomic E-state index is 0.255. The Hall–Kier alpha value is -2.33. The number of hydrogen-bond donors (Lipinski definition) is 1. The molecule has 4 nitrogen and oxygen atoms in total. The fourth-order valence-corrected chi connectivity index (χ4v) is 3.13. The molecule has 0 spiro atoms. The normalized spacial score (nSPS) is 12.9. The number of aliphatic hydroxyl groups excluding tert-OH is 1. The number of benzene rings is 2. The van der Waals surface area contributed by atoms with Gasteiger partial charge in [0, 0.05) is 5.92 Å². The van der Waals surface area contributed by atoms with Gasteiger partial charge in [0.1, 0.15) is 24.3 Å². The average Bonchev–Trinajstić information content (AvgIpc) is 2.99. The number of aromatic nitrogens is 2. The minimum atomic E-state index is -0.602. The van der Waals surface area contributed by atoms with Gasteiger partial charge in [-0.15, -0.1) is 0 Å². The monoisotopic (exact) mass is 352 g/mol. The Morgan fingerprint density at radius 2 is 1.65 bits per heavy atom. The number of nitrogens with zero attached hydrogens (tertiary/aromatic N) is 2. The Labute approximate surface area is 155 Å². The molecule has 1 aromatic heterocycles. The average molecular weight is 352 g/mol. The van der Waals surface area contributed by atoms with Gasteiger partial charge in [-0.1, -0.05) is 52.0 Å². The van der Waals surface area contributed by atoms with Crippen LogP contribution >= 0.6 is 0 Å². The Balaban J connectivity index is 1.69. The number of imidazole rings is 1. The van der Waals surface area contributed by atoms with Gasteiger partial charge >= 0.3 is 0 Å². The van der Waals surface area contributed by atoms with E-state index in [1.54, 1.807) is 0 Å². The van der Waals surface area contributed by atoms with E-state index in [-0.39, 0.29) is 6.61 Å². The van der Waals surface area contributed by atoms with E-state index < -0.39 is 6.10 Å². The third-order valence-electron chi connectivity index (χ3n) is 4.58. The van der Waals surface area contributed by atoms with Crippen LogP contribution in [0.25, 0.3) is 11.0 Å². The summed E-state index contributed by atoms with van der Waals surface area (Å²) in [6.07, 6.45) is -0.602. The summed E-state index contributed by atoms with van der Waals surface area (Å²) in [6.45, 7) is 9.31. The van der Waals surface area contributed by atoms with Gasteiger partial charge in [0.2, 0.25) is 0 Å². The number of fused-ring (bicyclic) bond motifs is 1. The quantitative estimate of drug-likeness (QED) is 0.669. The first-order chi connectivity index (χ1) is 12.5. The van der Waals surface area contributed by atoms with Crippen LogP contribution in [-0.4, -0.2) is 27.4 Å². The molecule has 2 aromatic carbocycles. The lowest BCUT2D eigenvalue weighted by Crippen LogP contribution is -2.24. The summed E-state index contributed by atoms with van der Waals surface area (Å²) in [5.41, 5.74) is 3.30. The third kappa shape index (κ3) is 4.07. The largest absolute Gasteiger partial charge is 0.491 e. The van der Waals surface area contributed by atoms with E-state index in [1.165, 1.54) is 5.56 Å². The molecule has 26 heavy (non-hydrogen) atoms. The van der Waals surface area contributed by atoms with Gasteiger partial charge in [0.15, 0.2) is 0 Å². The summed E-state index contributed by atoms with van der Waals surface area (Å²) in [4.78, 5) is 4.72. The fourth-order valence-electron chi connectivity index (χ4n) is 3.13. The second-order valence-corrected chi connectivity index (χ2v) is 7.41. The van der Waals surface area contributed by atoms with Crippen molar-refractivity contribution in [3.8, 4) is 5.75 Å². The smallest absolute Gasteiger partial charge is 0.119 e. The highest BCUT2D eigenvalue weighted by Gasteiger charge is 2.16. The zero-order valence-corrected chi connectivity index (χ0v) is 16.0. The number of ether oxygens (including phenoxy) is 1. The topological polar surface area (TPSA) is 47.3 Å². The van der Waals surface area contributed by atoms with Crippen LogP contribution in [0, 0.1) is 0 Å². The molecule has 0 fully saturated rings. The summed E-state index contributed by atoms with van der Waals surface area (Å²) in [6, 6.07) is 16.1. The summed E-state index contributed by atoms with van der Waals surface area (Å²) >= 11 is 0. The predicted molar refractivity (Wildman–Crippen MR) is 106 cm³/mol. The maximum absolute atomic E-state index is 10.5. The van der Waals surface area contributed by atoms with Crippen molar-refractivity contribution in [2.75, 3.05) is 6.61 Å². The summed E-state index contributed by atoms with van der Waals surface area (Å²) in [5, 5.41) is 10.5. The molecule has 1 atom stereocenters. The highest BCUT2D eigenvalue weighted by atomic mass is 16.5. The van der Waals surface area contributed by atoms with Gasteiger partial charge in [0.05, 0.1) is 17.6 Å². The Bertz CT molecular complexity index is 850. The van der Waals surface area contributed by atoms with Crippen LogP contribution in [-0.2, 0) is 6.54 Å². The molecular weight excluding hydrogens is 324 g/mol. The molecule has 0 saturated carbocycles. The van der Waals surface area contributed by atoms with Gasteiger partial charge in [0.25, 0.3) is 0 Å². The molecule has 4 heteroatoms. The minimum Gasteiger partial charge on any atom is -0.491 e. The Morgan fingerprint density at radius 1 is 0.962 bits per heavy atom. The lowest BCUT2D eigenvalue weighted by Gasteiger charge is -2.17. The fraction of sp³-hybridized carbons (Fsp3) is 0.409. The number of aliphatic hydroxyl groups is 1. The highest BCUT2D eigenvalue weighted by Crippen LogP contribution is 2.23. The Morgan fingerprint density at radius 3 is 2.31 bits per heavy atom. The van der Waals surface area contributed by atoms with E-state index in [0.29, 0.717) is 18.4 Å². The molecule has 0 bridgehead atoms. The zero-order valence-electron chi connectivity index (χ0n) is 16.0. The van der Waals surface area contributed by atoms with E-state index in [0.717, 1.165) is 22.6 Å². The van der Waals surface area contributed by atoms with E-state index >= 15 is 0 Å². The van der Waals surface area contributed by atoms with Crippen LogP contribution < -0.4 is 4.74 Å². The second-order valence-electron chi connectivity index (χ2n) is 7.41. The van der Waals surface area contributed by atoms with Crippen molar-refractivity contribution in [3.05, 3.63) is 59.9 Å². The van der Waals surface area contributed by atoms with Crippen molar-refractivity contribution in [1.82, 2.24) is 9.55 Å². The van der Waals surface area contributed by atoms with Crippen molar-refractivity contribution in [1.29, 1.82) is 0 Å². The molecule has 3 aromatic rings. The SMILES string of the molecule is CC(C)c1ccc(OCC(O)Cn2c(C(C)C)nc3ccccc32)cc1. The zero-order chi connectivity index (χ0) is 18.7. The lowest BCUT2D eigenvalue weighted by atomic mass is 10.0. The summed E-state index contributed by atoms with van der Waals surface area (Å²) in [5.74, 6) is 2.57. The molecule has 0 aliphatic rings. The van der Waals surface area contributed by atoms with E-state index in [2.05, 4.69) is 44.4 Å². The van der Waals surface area contributed by atoms with E-state index in [9.17, 15) is 5.11 Å². The molecule has 0 amide bonds. The summed E-state index contributed by atoms with van der Waals surface area (Å²) < 4.78 is 7.89. The molecule has 0 aliphatic heterocycles.